The Bertz CT molecular complexity index is 277. The minimum absolute atomic E-state index is 0.243. The third-order valence-corrected chi connectivity index (χ3v) is 4.75. The summed E-state index contributed by atoms with van der Waals surface area (Å²) in [5, 5.41) is 13.5. The molecule has 1 heterocycles. The van der Waals surface area contributed by atoms with Crippen molar-refractivity contribution >= 4 is 0 Å². The number of hydrogen-bond donors (Lipinski definition) is 2. The van der Waals surface area contributed by atoms with Gasteiger partial charge in [-0.25, -0.2) is 0 Å². The minimum Gasteiger partial charge on any atom is -0.389 e. The third kappa shape index (κ3) is 4.99. The van der Waals surface area contributed by atoms with E-state index in [0.29, 0.717) is 31.2 Å². The Hall–Kier alpha value is -0.160. The maximum atomic E-state index is 10.00. The molecule has 0 amide bonds. The van der Waals surface area contributed by atoms with E-state index in [1.54, 1.807) is 0 Å². The number of rotatable bonds is 7. The number of hydrogen-bond acceptors (Lipinski definition) is 4. The largest absolute Gasteiger partial charge is 0.389 e. The van der Waals surface area contributed by atoms with Crippen LogP contribution in [0.1, 0.15) is 52.4 Å². The molecule has 0 spiro atoms. The molecule has 2 fully saturated rings. The van der Waals surface area contributed by atoms with E-state index < -0.39 is 6.10 Å². The Morgan fingerprint density at radius 3 is 2.85 bits per heavy atom. The molecule has 1 aliphatic heterocycles. The van der Waals surface area contributed by atoms with Crippen LogP contribution in [0.4, 0.5) is 0 Å². The fourth-order valence-electron chi connectivity index (χ4n) is 3.32. The van der Waals surface area contributed by atoms with Crippen molar-refractivity contribution in [3.63, 3.8) is 0 Å². The first-order chi connectivity index (χ1) is 9.58. The Labute approximate surface area is 123 Å². The van der Waals surface area contributed by atoms with Crippen molar-refractivity contribution in [1.82, 2.24) is 5.32 Å². The van der Waals surface area contributed by atoms with Crippen molar-refractivity contribution in [1.29, 1.82) is 0 Å². The van der Waals surface area contributed by atoms with Crippen molar-refractivity contribution in [3.8, 4) is 0 Å². The van der Waals surface area contributed by atoms with Gasteiger partial charge >= 0.3 is 0 Å². The van der Waals surface area contributed by atoms with Crippen LogP contribution in [0.3, 0.4) is 0 Å². The molecule has 3 unspecified atom stereocenters. The summed E-state index contributed by atoms with van der Waals surface area (Å²) in [4.78, 5) is 0. The van der Waals surface area contributed by atoms with Gasteiger partial charge in [-0.1, -0.05) is 26.7 Å². The predicted molar refractivity (Wildman–Crippen MR) is 79.8 cm³/mol. The molecule has 4 nitrogen and oxygen atoms in total. The number of aliphatic hydroxyl groups excluding tert-OH is 1. The van der Waals surface area contributed by atoms with Crippen LogP contribution < -0.4 is 5.32 Å². The molecule has 2 aliphatic rings. The monoisotopic (exact) mass is 285 g/mol. The standard InChI is InChI=1S/C16H31NO3/c1-16(2)8-4-3-7-15(16)17-10-13(18)11-19-12-14-6-5-9-20-14/h13-15,17-18H,3-12H2,1-2H3. The van der Waals surface area contributed by atoms with Crippen LogP contribution >= 0.6 is 0 Å². The molecule has 2 rings (SSSR count). The molecular weight excluding hydrogens is 254 g/mol. The average molecular weight is 285 g/mol. The summed E-state index contributed by atoms with van der Waals surface area (Å²) in [5.74, 6) is 0. The number of aliphatic hydroxyl groups is 1. The van der Waals surface area contributed by atoms with E-state index in [0.717, 1.165) is 19.4 Å². The zero-order valence-electron chi connectivity index (χ0n) is 13.1. The van der Waals surface area contributed by atoms with Gasteiger partial charge in [-0.3, -0.25) is 0 Å². The second-order valence-corrected chi connectivity index (χ2v) is 7.02. The van der Waals surface area contributed by atoms with Gasteiger partial charge in [-0.2, -0.15) is 0 Å². The van der Waals surface area contributed by atoms with Crippen molar-refractivity contribution < 1.29 is 14.6 Å². The maximum Gasteiger partial charge on any atom is 0.0897 e. The Morgan fingerprint density at radius 1 is 1.30 bits per heavy atom. The second kappa shape index (κ2) is 7.74. The van der Waals surface area contributed by atoms with Gasteiger partial charge in [-0.05, 0) is 31.1 Å². The summed E-state index contributed by atoms with van der Waals surface area (Å²) in [6.07, 6.45) is 7.17. The highest BCUT2D eigenvalue weighted by Crippen LogP contribution is 2.35. The van der Waals surface area contributed by atoms with E-state index in [2.05, 4.69) is 19.2 Å². The molecule has 0 aromatic rings. The average Bonchev–Trinajstić information content (AvgIpc) is 2.90. The molecule has 4 heteroatoms. The van der Waals surface area contributed by atoms with E-state index in [1.807, 2.05) is 0 Å². The Morgan fingerprint density at radius 2 is 2.15 bits per heavy atom. The van der Waals surface area contributed by atoms with Gasteiger partial charge in [0.2, 0.25) is 0 Å². The third-order valence-electron chi connectivity index (χ3n) is 4.75. The topological polar surface area (TPSA) is 50.7 Å². The highest BCUT2D eigenvalue weighted by atomic mass is 16.5. The molecular formula is C16H31NO3. The van der Waals surface area contributed by atoms with Gasteiger partial charge in [0.05, 0.1) is 25.4 Å². The molecule has 1 saturated carbocycles. The molecule has 1 saturated heterocycles. The van der Waals surface area contributed by atoms with E-state index in [9.17, 15) is 5.11 Å². The Kier molecular flexibility index (Phi) is 6.27. The summed E-state index contributed by atoms with van der Waals surface area (Å²) >= 11 is 0. The van der Waals surface area contributed by atoms with Gasteiger partial charge < -0.3 is 19.9 Å². The highest BCUT2D eigenvalue weighted by Gasteiger charge is 2.31. The van der Waals surface area contributed by atoms with Gasteiger partial charge in [0.1, 0.15) is 0 Å². The molecule has 0 aromatic carbocycles. The van der Waals surface area contributed by atoms with Gasteiger partial charge in [-0.15, -0.1) is 0 Å². The fourth-order valence-corrected chi connectivity index (χ4v) is 3.32. The maximum absolute atomic E-state index is 10.00. The lowest BCUT2D eigenvalue weighted by Gasteiger charge is -2.39. The van der Waals surface area contributed by atoms with Crippen molar-refractivity contribution in [2.24, 2.45) is 5.41 Å². The van der Waals surface area contributed by atoms with Crippen molar-refractivity contribution in [3.05, 3.63) is 0 Å². The lowest BCUT2D eigenvalue weighted by atomic mass is 9.73. The van der Waals surface area contributed by atoms with Gasteiger partial charge in [0, 0.05) is 19.2 Å². The number of nitrogens with one attached hydrogen (secondary N) is 1. The summed E-state index contributed by atoms with van der Waals surface area (Å²) in [6.45, 7) is 7.15. The fraction of sp³-hybridized carbons (Fsp3) is 1.00. The normalized spacial score (nSPS) is 31.4. The minimum atomic E-state index is -0.422. The number of ether oxygens (including phenoxy) is 2. The summed E-state index contributed by atoms with van der Waals surface area (Å²) in [5.41, 5.74) is 0.344. The SMILES string of the molecule is CC1(C)CCCCC1NCC(O)COCC1CCCO1. The van der Waals surface area contributed by atoms with E-state index in [-0.39, 0.29) is 6.10 Å². The summed E-state index contributed by atoms with van der Waals surface area (Å²) < 4.78 is 11.1. The van der Waals surface area contributed by atoms with Crippen LogP contribution in [0.5, 0.6) is 0 Å². The van der Waals surface area contributed by atoms with Crippen LogP contribution in [0.2, 0.25) is 0 Å². The van der Waals surface area contributed by atoms with E-state index >= 15 is 0 Å². The van der Waals surface area contributed by atoms with Crippen LogP contribution in [0.15, 0.2) is 0 Å². The second-order valence-electron chi connectivity index (χ2n) is 7.02. The first-order valence-electron chi connectivity index (χ1n) is 8.19. The van der Waals surface area contributed by atoms with Crippen LogP contribution in [-0.4, -0.2) is 49.7 Å². The zero-order valence-corrected chi connectivity index (χ0v) is 13.1. The molecule has 3 atom stereocenters. The van der Waals surface area contributed by atoms with Crippen LogP contribution in [0, 0.1) is 5.41 Å². The molecule has 0 bridgehead atoms. The molecule has 0 radical (unpaired) electrons. The van der Waals surface area contributed by atoms with Crippen LogP contribution in [-0.2, 0) is 9.47 Å². The highest BCUT2D eigenvalue weighted by molar-refractivity contribution is 4.88. The molecule has 20 heavy (non-hydrogen) atoms. The van der Waals surface area contributed by atoms with Crippen molar-refractivity contribution in [2.75, 3.05) is 26.4 Å². The quantitative estimate of drug-likeness (QED) is 0.752. The smallest absolute Gasteiger partial charge is 0.0897 e. The van der Waals surface area contributed by atoms with Gasteiger partial charge in [0.15, 0.2) is 0 Å². The summed E-state index contributed by atoms with van der Waals surface area (Å²) in [7, 11) is 0. The lowest BCUT2D eigenvalue weighted by molar-refractivity contribution is -0.0183. The Balaban J connectivity index is 1.58. The van der Waals surface area contributed by atoms with Gasteiger partial charge in [0.25, 0.3) is 0 Å². The molecule has 118 valence electrons. The van der Waals surface area contributed by atoms with Crippen LogP contribution in [0.25, 0.3) is 0 Å². The first kappa shape index (κ1) is 16.2. The first-order valence-corrected chi connectivity index (χ1v) is 8.19. The molecule has 1 aliphatic carbocycles. The van der Waals surface area contributed by atoms with E-state index in [1.165, 1.54) is 25.7 Å². The zero-order chi connectivity index (χ0) is 14.4. The van der Waals surface area contributed by atoms with E-state index in [4.69, 9.17) is 9.47 Å². The molecule has 2 N–H and O–H groups in total. The predicted octanol–water partition coefficient (Wildman–Crippen LogP) is 2.10. The summed E-state index contributed by atoms with van der Waals surface area (Å²) in [6, 6.07) is 0.518. The molecule has 0 aromatic heterocycles. The van der Waals surface area contributed by atoms with Crippen molar-refractivity contribution in [2.45, 2.75) is 70.6 Å². The lowest BCUT2D eigenvalue weighted by Crippen LogP contribution is -2.47.